The van der Waals surface area contributed by atoms with Crippen LogP contribution in [0.3, 0.4) is 0 Å². The largest absolute Gasteiger partial charge is 0.334 e. The normalized spacial score (nSPS) is 27.2. The minimum atomic E-state index is -0.785. The van der Waals surface area contributed by atoms with Gasteiger partial charge in [-0.2, -0.15) is 0 Å². The summed E-state index contributed by atoms with van der Waals surface area (Å²) in [7, 11) is 0. The molecule has 3 fully saturated rings. The van der Waals surface area contributed by atoms with Crippen molar-refractivity contribution in [3.05, 3.63) is 35.9 Å². The molecule has 4 amide bonds. The molecule has 4 rings (SSSR count). The molecule has 2 saturated carbocycles. The summed E-state index contributed by atoms with van der Waals surface area (Å²) in [6.45, 7) is 2.53. The number of nitrogens with one attached hydrogen (secondary N) is 1. The molecule has 3 aliphatic rings. The Balaban J connectivity index is 1.43. The highest BCUT2D eigenvalue weighted by Crippen LogP contribution is 2.38. The van der Waals surface area contributed by atoms with Crippen molar-refractivity contribution in [2.24, 2.45) is 5.92 Å². The Morgan fingerprint density at radius 2 is 1.82 bits per heavy atom. The van der Waals surface area contributed by atoms with E-state index >= 15 is 0 Å². The number of carbonyl (C=O) groups is 3. The van der Waals surface area contributed by atoms with Gasteiger partial charge in [-0.25, -0.2) is 4.79 Å². The molecule has 1 spiro atoms. The Labute approximate surface area is 166 Å². The van der Waals surface area contributed by atoms with E-state index in [0.717, 1.165) is 42.6 Å². The molecule has 0 bridgehead atoms. The minimum absolute atomic E-state index is 0.144. The first kappa shape index (κ1) is 19.0. The van der Waals surface area contributed by atoms with E-state index in [4.69, 9.17) is 0 Å². The highest BCUT2D eigenvalue weighted by Gasteiger charge is 2.53. The van der Waals surface area contributed by atoms with Crippen molar-refractivity contribution in [2.45, 2.75) is 70.0 Å². The lowest BCUT2D eigenvalue weighted by atomic mass is 9.75. The number of imide groups is 1. The van der Waals surface area contributed by atoms with Crippen LogP contribution in [0.2, 0.25) is 0 Å². The molecule has 1 N–H and O–H groups in total. The van der Waals surface area contributed by atoms with E-state index in [1.165, 1.54) is 0 Å². The van der Waals surface area contributed by atoms with Gasteiger partial charge in [-0.05, 0) is 50.0 Å². The first-order chi connectivity index (χ1) is 13.5. The Bertz CT molecular complexity index is 752. The predicted molar refractivity (Wildman–Crippen MR) is 105 cm³/mol. The van der Waals surface area contributed by atoms with Gasteiger partial charge in [0, 0.05) is 12.6 Å². The monoisotopic (exact) mass is 383 g/mol. The highest BCUT2D eigenvalue weighted by molar-refractivity contribution is 6.09. The van der Waals surface area contributed by atoms with E-state index in [1.807, 2.05) is 35.2 Å². The molecular weight excluding hydrogens is 354 g/mol. The molecule has 0 atom stereocenters. The van der Waals surface area contributed by atoms with Crippen molar-refractivity contribution in [1.82, 2.24) is 15.1 Å². The van der Waals surface area contributed by atoms with Gasteiger partial charge in [-0.3, -0.25) is 14.5 Å². The van der Waals surface area contributed by atoms with E-state index in [0.29, 0.717) is 25.3 Å². The Hall–Kier alpha value is -2.37. The first-order valence-electron chi connectivity index (χ1n) is 10.5. The van der Waals surface area contributed by atoms with Crippen LogP contribution in [0.5, 0.6) is 0 Å². The van der Waals surface area contributed by atoms with Crippen LogP contribution in [0.4, 0.5) is 4.79 Å². The third kappa shape index (κ3) is 3.64. The van der Waals surface area contributed by atoms with E-state index in [1.54, 1.807) is 0 Å². The third-order valence-corrected chi connectivity index (χ3v) is 6.58. The lowest BCUT2D eigenvalue weighted by molar-refractivity contribution is -0.140. The summed E-state index contributed by atoms with van der Waals surface area (Å²) in [5, 5.41) is 2.92. The Morgan fingerprint density at radius 3 is 2.43 bits per heavy atom. The second-order valence-corrected chi connectivity index (χ2v) is 8.49. The number of benzene rings is 1. The Morgan fingerprint density at radius 1 is 1.14 bits per heavy atom. The molecule has 0 aromatic heterocycles. The molecule has 1 heterocycles. The van der Waals surface area contributed by atoms with Gasteiger partial charge in [0.25, 0.3) is 5.91 Å². The second-order valence-electron chi connectivity index (χ2n) is 8.49. The molecule has 1 aromatic carbocycles. The molecule has 1 saturated heterocycles. The van der Waals surface area contributed by atoms with Gasteiger partial charge in [0.2, 0.25) is 5.91 Å². The van der Waals surface area contributed by atoms with Crippen LogP contribution in [0.25, 0.3) is 0 Å². The maximum Gasteiger partial charge on any atom is 0.325 e. The number of hydrogen-bond donors (Lipinski definition) is 1. The highest BCUT2D eigenvalue weighted by atomic mass is 16.2. The van der Waals surface area contributed by atoms with Crippen molar-refractivity contribution in [3.63, 3.8) is 0 Å². The van der Waals surface area contributed by atoms with Crippen LogP contribution >= 0.6 is 0 Å². The van der Waals surface area contributed by atoms with Gasteiger partial charge in [-0.15, -0.1) is 0 Å². The van der Waals surface area contributed by atoms with Crippen molar-refractivity contribution >= 4 is 17.8 Å². The van der Waals surface area contributed by atoms with Gasteiger partial charge < -0.3 is 10.2 Å². The molecule has 6 heteroatoms. The molecule has 1 aliphatic heterocycles. The van der Waals surface area contributed by atoms with Crippen molar-refractivity contribution in [2.75, 3.05) is 6.54 Å². The van der Waals surface area contributed by atoms with Crippen molar-refractivity contribution in [3.8, 4) is 0 Å². The predicted octanol–water partition coefficient (Wildman–Crippen LogP) is 3.07. The second kappa shape index (κ2) is 7.57. The summed E-state index contributed by atoms with van der Waals surface area (Å²) in [5.41, 5.74) is 0.279. The van der Waals surface area contributed by atoms with Crippen molar-refractivity contribution < 1.29 is 14.4 Å². The smallest absolute Gasteiger partial charge is 0.325 e. The maximum atomic E-state index is 13.1. The zero-order valence-electron chi connectivity index (χ0n) is 16.5. The summed E-state index contributed by atoms with van der Waals surface area (Å²) in [6.07, 6.45) is 6.34. The van der Waals surface area contributed by atoms with Crippen molar-refractivity contribution in [1.29, 1.82) is 0 Å². The van der Waals surface area contributed by atoms with E-state index in [9.17, 15) is 14.4 Å². The summed E-state index contributed by atoms with van der Waals surface area (Å²) >= 11 is 0. The number of nitrogens with zero attached hydrogens (tertiary/aromatic N) is 2. The van der Waals surface area contributed by atoms with Gasteiger partial charge in [0.15, 0.2) is 0 Å². The quantitative estimate of drug-likeness (QED) is 0.768. The lowest BCUT2D eigenvalue weighted by Crippen LogP contribution is -2.50. The average molecular weight is 383 g/mol. The molecule has 6 nitrogen and oxygen atoms in total. The van der Waals surface area contributed by atoms with Gasteiger partial charge in [0.1, 0.15) is 12.1 Å². The average Bonchev–Trinajstić information content (AvgIpc) is 3.52. The van der Waals surface area contributed by atoms with Crippen LogP contribution < -0.4 is 5.32 Å². The lowest BCUT2D eigenvalue weighted by Gasteiger charge is -2.34. The molecule has 1 aromatic rings. The van der Waals surface area contributed by atoms with Gasteiger partial charge in [-0.1, -0.05) is 43.7 Å². The fourth-order valence-corrected chi connectivity index (χ4v) is 4.55. The fourth-order valence-electron chi connectivity index (χ4n) is 4.55. The standard InChI is InChI=1S/C22H29N3O3/c1-2-16-10-12-22(13-11-16)20(27)25(21(28)23-22)15-19(26)24(18-8-9-18)14-17-6-4-3-5-7-17/h3-7,16,18H,2,8-15H2,1H3,(H,23,28). The zero-order valence-corrected chi connectivity index (χ0v) is 16.5. The molecule has 28 heavy (non-hydrogen) atoms. The maximum absolute atomic E-state index is 13.1. The number of carbonyl (C=O) groups excluding carboxylic acids is 3. The summed E-state index contributed by atoms with van der Waals surface area (Å²) in [5.74, 6) is 0.271. The number of urea groups is 1. The molecule has 2 aliphatic carbocycles. The van der Waals surface area contributed by atoms with Crippen LogP contribution in [0.15, 0.2) is 30.3 Å². The first-order valence-corrected chi connectivity index (χ1v) is 10.5. The van der Waals surface area contributed by atoms with Gasteiger partial charge in [0.05, 0.1) is 0 Å². The molecule has 0 unspecified atom stereocenters. The SMILES string of the molecule is CCC1CCC2(CC1)NC(=O)N(CC(=O)N(Cc1ccccc1)C1CC1)C2=O. The molecular formula is C22H29N3O3. The van der Waals surface area contributed by atoms with Crippen LogP contribution in [-0.2, 0) is 16.1 Å². The van der Waals surface area contributed by atoms with E-state index in [2.05, 4.69) is 12.2 Å². The minimum Gasteiger partial charge on any atom is -0.334 e. The summed E-state index contributed by atoms with van der Waals surface area (Å²) in [6, 6.07) is 9.67. The third-order valence-electron chi connectivity index (χ3n) is 6.58. The molecule has 150 valence electrons. The van der Waals surface area contributed by atoms with Crippen LogP contribution in [0.1, 0.15) is 57.4 Å². The summed E-state index contributed by atoms with van der Waals surface area (Å²) in [4.78, 5) is 41.6. The number of amides is 4. The molecule has 0 radical (unpaired) electrons. The van der Waals surface area contributed by atoms with Crippen LogP contribution in [0, 0.1) is 5.92 Å². The summed E-state index contributed by atoms with van der Waals surface area (Å²) < 4.78 is 0. The number of hydrogen-bond acceptors (Lipinski definition) is 3. The van der Waals surface area contributed by atoms with Crippen LogP contribution in [-0.4, -0.2) is 45.8 Å². The van der Waals surface area contributed by atoms with E-state index in [-0.39, 0.29) is 24.4 Å². The fraction of sp³-hybridized carbons (Fsp3) is 0.591. The Kier molecular flexibility index (Phi) is 5.13. The zero-order chi connectivity index (χ0) is 19.7. The number of rotatable bonds is 6. The van der Waals surface area contributed by atoms with Gasteiger partial charge >= 0.3 is 6.03 Å². The topological polar surface area (TPSA) is 69.7 Å². The van der Waals surface area contributed by atoms with E-state index < -0.39 is 11.6 Å².